The second kappa shape index (κ2) is 3.73. The highest BCUT2D eigenvalue weighted by atomic mass is 16.3. The van der Waals surface area contributed by atoms with Crippen molar-refractivity contribution in [1.29, 1.82) is 0 Å². The van der Waals surface area contributed by atoms with Crippen molar-refractivity contribution < 1.29 is 14.7 Å². The first-order chi connectivity index (χ1) is 7.42. The smallest absolute Gasteiger partial charge is 0.245 e. The highest BCUT2D eigenvalue weighted by Crippen LogP contribution is 2.29. The SMILES string of the molecule is CC(C)C1(O)CN(C(=O)C2CCC(=O)N2)C1. The highest BCUT2D eigenvalue weighted by Gasteiger charge is 2.47. The molecule has 0 aromatic carbocycles. The van der Waals surface area contributed by atoms with Crippen LogP contribution in [0.1, 0.15) is 26.7 Å². The first-order valence-corrected chi connectivity index (χ1v) is 5.73. The Morgan fingerprint density at radius 3 is 2.62 bits per heavy atom. The molecule has 2 fully saturated rings. The number of rotatable bonds is 2. The van der Waals surface area contributed by atoms with Gasteiger partial charge in [0, 0.05) is 6.42 Å². The van der Waals surface area contributed by atoms with E-state index in [1.807, 2.05) is 13.8 Å². The van der Waals surface area contributed by atoms with Crippen molar-refractivity contribution >= 4 is 11.8 Å². The molecule has 2 aliphatic rings. The van der Waals surface area contributed by atoms with E-state index in [0.29, 0.717) is 25.9 Å². The van der Waals surface area contributed by atoms with Gasteiger partial charge in [0.05, 0.1) is 13.1 Å². The van der Waals surface area contributed by atoms with Gasteiger partial charge in [0.15, 0.2) is 0 Å². The Bertz CT molecular complexity index is 321. The molecule has 1 unspecified atom stereocenters. The second-order valence-electron chi connectivity index (χ2n) is 5.11. The Morgan fingerprint density at radius 2 is 2.19 bits per heavy atom. The van der Waals surface area contributed by atoms with Crippen LogP contribution in [0.15, 0.2) is 0 Å². The van der Waals surface area contributed by atoms with Crippen LogP contribution in [0.25, 0.3) is 0 Å². The number of likely N-dealkylation sites (tertiary alicyclic amines) is 1. The lowest BCUT2D eigenvalue weighted by Crippen LogP contribution is -2.68. The van der Waals surface area contributed by atoms with Gasteiger partial charge in [-0.1, -0.05) is 13.8 Å². The van der Waals surface area contributed by atoms with Crippen LogP contribution in [0.3, 0.4) is 0 Å². The lowest BCUT2D eigenvalue weighted by atomic mass is 9.82. The van der Waals surface area contributed by atoms with Crippen molar-refractivity contribution in [3.63, 3.8) is 0 Å². The molecule has 2 heterocycles. The Morgan fingerprint density at radius 1 is 1.56 bits per heavy atom. The zero-order chi connectivity index (χ0) is 11.9. The molecular weight excluding hydrogens is 208 g/mol. The zero-order valence-corrected chi connectivity index (χ0v) is 9.69. The number of hydrogen-bond acceptors (Lipinski definition) is 3. The first-order valence-electron chi connectivity index (χ1n) is 5.73. The van der Waals surface area contributed by atoms with E-state index in [4.69, 9.17) is 0 Å². The Balaban J connectivity index is 1.88. The molecule has 0 aromatic heterocycles. The van der Waals surface area contributed by atoms with Crippen LogP contribution in [0.5, 0.6) is 0 Å². The van der Waals surface area contributed by atoms with Gasteiger partial charge in [-0.2, -0.15) is 0 Å². The van der Waals surface area contributed by atoms with Gasteiger partial charge in [-0.3, -0.25) is 9.59 Å². The maximum Gasteiger partial charge on any atom is 0.245 e. The maximum atomic E-state index is 11.9. The molecule has 5 nitrogen and oxygen atoms in total. The van der Waals surface area contributed by atoms with Crippen LogP contribution in [0.2, 0.25) is 0 Å². The summed E-state index contributed by atoms with van der Waals surface area (Å²) in [5.74, 6) is 0.0314. The van der Waals surface area contributed by atoms with E-state index in [1.165, 1.54) is 0 Å². The molecule has 0 bridgehead atoms. The van der Waals surface area contributed by atoms with E-state index in [1.54, 1.807) is 4.90 Å². The summed E-state index contributed by atoms with van der Waals surface area (Å²) in [4.78, 5) is 24.5. The molecule has 2 N–H and O–H groups in total. The minimum Gasteiger partial charge on any atom is -0.386 e. The van der Waals surface area contributed by atoms with Gasteiger partial charge in [0.2, 0.25) is 11.8 Å². The fraction of sp³-hybridized carbons (Fsp3) is 0.818. The molecule has 0 aromatic rings. The van der Waals surface area contributed by atoms with Crippen molar-refractivity contribution in [3.05, 3.63) is 0 Å². The van der Waals surface area contributed by atoms with E-state index >= 15 is 0 Å². The molecular formula is C11H18N2O3. The highest BCUT2D eigenvalue weighted by molar-refractivity contribution is 5.91. The van der Waals surface area contributed by atoms with Crippen molar-refractivity contribution in [3.8, 4) is 0 Å². The summed E-state index contributed by atoms with van der Waals surface area (Å²) in [6.07, 6.45) is 1.01. The molecule has 90 valence electrons. The number of aliphatic hydroxyl groups is 1. The van der Waals surface area contributed by atoms with Crippen LogP contribution < -0.4 is 5.32 Å². The lowest BCUT2D eigenvalue weighted by molar-refractivity contribution is -0.165. The number of nitrogens with one attached hydrogen (secondary N) is 1. The van der Waals surface area contributed by atoms with Gasteiger partial charge in [-0.05, 0) is 12.3 Å². The van der Waals surface area contributed by atoms with Crippen molar-refractivity contribution in [2.24, 2.45) is 5.92 Å². The fourth-order valence-corrected chi connectivity index (χ4v) is 2.16. The zero-order valence-electron chi connectivity index (χ0n) is 9.69. The van der Waals surface area contributed by atoms with Gasteiger partial charge in [-0.15, -0.1) is 0 Å². The molecule has 1 atom stereocenters. The summed E-state index contributed by atoms with van der Waals surface area (Å²) in [7, 11) is 0. The van der Waals surface area contributed by atoms with Crippen molar-refractivity contribution in [2.75, 3.05) is 13.1 Å². The van der Waals surface area contributed by atoms with Crippen LogP contribution in [0, 0.1) is 5.92 Å². The number of amides is 2. The molecule has 2 rings (SSSR count). The van der Waals surface area contributed by atoms with Gasteiger partial charge >= 0.3 is 0 Å². The predicted molar refractivity (Wildman–Crippen MR) is 57.5 cm³/mol. The normalized spacial score (nSPS) is 27.9. The monoisotopic (exact) mass is 226 g/mol. The molecule has 2 saturated heterocycles. The van der Waals surface area contributed by atoms with Crippen LogP contribution in [-0.4, -0.2) is 46.6 Å². The fourth-order valence-electron chi connectivity index (χ4n) is 2.16. The third-order valence-corrected chi connectivity index (χ3v) is 3.61. The molecule has 5 heteroatoms. The average molecular weight is 226 g/mol. The van der Waals surface area contributed by atoms with E-state index in [-0.39, 0.29) is 23.8 Å². The van der Waals surface area contributed by atoms with E-state index in [2.05, 4.69) is 5.32 Å². The number of carbonyl (C=O) groups is 2. The number of β-amino-alcohol motifs (C(OH)–C–C–N with tert-alkyl or cyclic N) is 1. The van der Waals surface area contributed by atoms with Gasteiger partial charge < -0.3 is 15.3 Å². The van der Waals surface area contributed by atoms with Crippen LogP contribution in [-0.2, 0) is 9.59 Å². The van der Waals surface area contributed by atoms with Crippen molar-refractivity contribution in [2.45, 2.75) is 38.3 Å². The molecule has 2 aliphatic heterocycles. The Hall–Kier alpha value is -1.10. The summed E-state index contributed by atoms with van der Waals surface area (Å²) < 4.78 is 0. The molecule has 2 amide bonds. The van der Waals surface area contributed by atoms with E-state index in [0.717, 1.165) is 0 Å². The molecule has 0 radical (unpaired) electrons. The summed E-state index contributed by atoms with van der Waals surface area (Å²) in [5, 5.41) is 12.7. The quantitative estimate of drug-likeness (QED) is 0.666. The largest absolute Gasteiger partial charge is 0.386 e. The number of carbonyl (C=O) groups excluding carboxylic acids is 2. The molecule has 0 saturated carbocycles. The predicted octanol–water partition coefficient (Wildman–Crippen LogP) is -0.506. The van der Waals surface area contributed by atoms with Gasteiger partial charge in [0.25, 0.3) is 0 Å². The maximum absolute atomic E-state index is 11.9. The summed E-state index contributed by atoms with van der Waals surface area (Å²) >= 11 is 0. The van der Waals surface area contributed by atoms with Crippen molar-refractivity contribution in [1.82, 2.24) is 10.2 Å². The summed E-state index contributed by atoms with van der Waals surface area (Å²) in [5.41, 5.74) is -0.738. The van der Waals surface area contributed by atoms with Crippen LogP contribution in [0.4, 0.5) is 0 Å². The number of hydrogen-bond donors (Lipinski definition) is 2. The first kappa shape index (κ1) is 11.4. The minimum atomic E-state index is -0.738. The average Bonchev–Trinajstić information content (AvgIpc) is 2.58. The second-order valence-corrected chi connectivity index (χ2v) is 5.11. The lowest BCUT2D eigenvalue weighted by Gasteiger charge is -2.49. The third kappa shape index (κ3) is 1.80. The summed E-state index contributed by atoms with van der Waals surface area (Å²) in [6, 6.07) is -0.371. The van der Waals surface area contributed by atoms with Gasteiger partial charge in [-0.25, -0.2) is 0 Å². The number of nitrogens with zero attached hydrogens (tertiary/aromatic N) is 1. The Labute approximate surface area is 94.8 Å². The molecule has 16 heavy (non-hydrogen) atoms. The van der Waals surface area contributed by atoms with E-state index in [9.17, 15) is 14.7 Å². The van der Waals surface area contributed by atoms with Crippen LogP contribution >= 0.6 is 0 Å². The molecule has 0 aliphatic carbocycles. The standard InChI is InChI=1S/C11H18N2O3/c1-7(2)11(16)5-13(6-11)10(15)8-3-4-9(14)12-8/h7-8,16H,3-6H2,1-2H3,(H,12,14). The third-order valence-electron chi connectivity index (χ3n) is 3.61. The van der Waals surface area contributed by atoms with E-state index < -0.39 is 5.60 Å². The summed E-state index contributed by atoms with van der Waals surface area (Å²) in [6.45, 7) is 4.66. The molecule has 0 spiro atoms. The topological polar surface area (TPSA) is 69.6 Å². The van der Waals surface area contributed by atoms with Gasteiger partial charge in [0.1, 0.15) is 11.6 Å². The Kier molecular flexibility index (Phi) is 2.66. The minimum absolute atomic E-state index is 0.0574.